The number of anilines is 2. The molecular weight excluding hydrogens is 318 g/mol. The fourth-order valence-electron chi connectivity index (χ4n) is 1.41. The summed E-state index contributed by atoms with van der Waals surface area (Å²) in [5, 5.41) is 3.27. The van der Waals surface area contributed by atoms with Gasteiger partial charge in [0.1, 0.15) is 12.1 Å². The quantitative estimate of drug-likeness (QED) is 0.689. The number of aromatic nitrogens is 2. The van der Waals surface area contributed by atoms with Crippen LogP contribution in [0.25, 0.3) is 0 Å². The summed E-state index contributed by atoms with van der Waals surface area (Å²) in [5.41, 5.74) is 2.40. The van der Waals surface area contributed by atoms with Gasteiger partial charge in [0.15, 0.2) is 0 Å². The van der Waals surface area contributed by atoms with Gasteiger partial charge in [0.05, 0.1) is 4.47 Å². The first kappa shape index (κ1) is 13.0. The van der Waals surface area contributed by atoms with Gasteiger partial charge in [0, 0.05) is 17.4 Å². The average molecular weight is 327 g/mol. The van der Waals surface area contributed by atoms with Crippen molar-refractivity contribution >= 4 is 45.3 Å². The first-order valence-electron chi connectivity index (χ1n) is 5.11. The van der Waals surface area contributed by atoms with Gasteiger partial charge in [-0.1, -0.05) is 12.1 Å². The lowest BCUT2D eigenvalue weighted by Gasteiger charge is -2.10. The second-order valence-corrected chi connectivity index (χ2v) is 4.85. The molecule has 92 valence electrons. The van der Waals surface area contributed by atoms with Gasteiger partial charge >= 0.3 is 0 Å². The molecule has 0 unspecified atom stereocenters. The van der Waals surface area contributed by atoms with Gasteiger partial charge in [-0.3, -0.25) is 4.79 Å². The van der Waals surface area contributed by atoms with Gasteiger partial charge in [-0.15, -0.1) is 0 Å². The fraction of sp³-hybridized carbons (Fsp3) is 0.0833. The van der Waals surface area contributed by atoms with Crippen molar-refractivity contribution in [1.29, 1.82) is 0 Å². The molecule has 0 aliphatic heterocycles. The summed E-state index contributed by atoms with van der Waals surface area (Å²) >= 11 is 9.07. The number of hydrogen-bond donors (Lipinski definition) is 1. The van der Waals surface area contributed by atoms with Crippen LogP contribution in [0, 0.1) is 6.92 Å². The molecule has 0 aliphatic rings. The van der Waals surface area contributed by atoms with E-state index in [0.29, 0.717) is 15.9 Å². The smallest absolute Gasteiger partial charge is 0.224 e. The van der Waals surface area contributed by atoms with Crippen LogP contribution in [0.1, 0.15) is 15.9 Å². The zero-order valence-corrected chi connectivity index (χ0v) is 11.8. The van der Waals surface area contributed by atoms with Crippen LogP contribution < -0.4 is 5.32 Å². The molecule has 1 heterocycles. The highest BCUT2D eigenvalue weighted by Gasteiger charge is 2.06. The minimum Gasteiger partial charge on any atom is -0.339 e. The van der Waals surface area contributed by atoms with Gasteiger partial charge < -0.3 is 5.32 Å². The Bertz CT molecular complexity index is 604. The number of nitrogens with zero attached hydrogens (tertiary/aromatic N) is 2. The van der Waals surface area contributed by atoms with Crippen molar-refractivity contribution in [2.24, 2.45) is 0 Å². The first-order chi connectivity index (χ1) is 8.60. The summed E-state index contributed by atoms with van der Waals surface area (Å²) in [5.74, 6) is 0.557. The molecule has 0 spiro atoms. The number of halogens is 2. The number of hydrogen-bond acceptors (Lipinski definition) is 4. The molecule has 0 saturated carbocycles. The molecule has 1 aromatic carbocycles. The Balaban J connectivity index is 2.38. The van der Waals surface area contributed by atoms with Crippen LogP contribution in [-0.4, -0.2) is 16.3 Å². The molecule has 0 saturated heterocycles. The van der Waals surface area contributed by atoms with E-state index in [9.17, 15) is 4.79 Å². The summed E-state index contributed by atoms with van der Waals surface area (Å²) in [4.78, 5) is 18.7. The molecule has 0 fully saturated rings. The van der Waals surface area contributed by atoms with Crippen molar-refractivity contribution in [3.63, 3.8) is 0 Å². The van der Waals surface area contributed by atoms with E-state index >= 15 is 0 Å². The maximum Gasteiger partial charge on any atom is 0.224 e. The number of aldehydes is 1. The molecular formula is C12H9BrClN3O. The third kappa shape index (κ3) is 2.86. The van der Waals surface area contributed by atoms with E-state index in [1.165, 1.54) is 0 Å². The van der Waals surface area contributed by atoms with E-state index in [0.717, 1.165) is 17.5 Å². The highest BCUT2D eigenvalue weighted by Crippen LogP contribution is 2.26. The largest absolute Gasteiger partial charge is 0.339 e. The number of aryl methyl sites for hydroxylation is 1. The van der Waals surface area contributed by atoms with Crippen molar-refractivity contribution < 1.29 is 4.79 Å². The summed E-state index contributed by atoms with van der Waals surface area (Å²) in [7, 11) is 0. The highest BCUT2D eigenvalue weighted by molar-refractivity contribution is 9.10. The molecule has 1 aromatic heterocycles. The van der Waals surface area contributed by atoms with Crippen LogP contribution in [-0.2, 0) is 0 Å². The van der Waals surface area contributed by atoms with Crippen LogP contribution in [0.2, 0.25) is 5.28 Å². The maximum atomic E-state index is 10.8. The van der Waals surface area contributed by atoms with Gasteiger partial charge in [-0.05, 0) is 46.1 Å². The third-order valence-electron chi connectivity index (χ3n) is 2.37. The molecule has 0 bridgehead atoms. The standard InChI is InChI=1S/C12H9BrClN3O/c1-7-2-3-8(6-18)4-10(7)16-11-9(13)5-15-12(14)17-11/h2-6H,1H3,(H,15,16,17). The molecule has 18 heavy (non-hydrogen) atoms. The minimum atomic E-state index is 0.157. The molecule has 2 aromatic rings. The second kappa shape index (κ2) is 5.46. The van der Waals surface area contributed by atoms with E-state index in [2.05, 4.69) is 31.2 Å². The predicted octanol–water partition coefficient (Wildman–Crippen LogP) is 3.76. The van der Waals surface area contributed by atoms with Crippen LogP contribution in [0.15, 0.2) is 28.9 Å². The minimum absolute atomic E-state index is 0.157. The summed E-state index contributed by atoms with van der Waals surface area (Å²) in [6.45, 7) is 1.94. The molecule has 1 N–H and O–H groups in total. The monoisotopic (exact) mass is 325 g/mol. The van der Waals surface area contributed by atoms with E-state index in [4.69, 9.17) is 11.6 Å². The molecule has 6 heteroatoms. The van der Waals surface area contributed by atoms with E-state index in [1.807, 2.05) is 13.0 Å². The van der Waals surface area contributed by atoms with Gasteiger partial charge in [0.2, 0.25) is 5.28 Å². The normalized spacial score (nSPS) is 10.2. The number of nitrogens with one attached hydrogen (secondary N) is 1. The van der Waals surface area contributed by atoms with Gasteiger partial charge in [0.25, 0.3) is 0 Å². The Hall–Kier alpha value is -1.46. The van der Waals surface area contributed by atoms with E-state index in [-0.39, 0.29) is 5.28 Å². The van der Waals surface area contributed by atoms with E-state index < -0.39 is 0 Å². The van der Waals surface area contributed by atoms with Crippen LogP contribution >= 0.6 is 27.5 Å². The zero-order chi connectivity index (χ0) is 13.1. The topological polar surface area (TPSA) is 54.9 Å². The van der Waals surface area contributed by atoms with Crippen molar-refractivity contribution in [3.05, 3.63) is 45.3 Å². The first-order valence-corrected chi connectivity index (χ1v) is 6.28. The molecule has 4 nitrogen and oxygen atoms in total. The van der Waals surface area contributed by atoms with Crippen molar-refractivity contribution in [1.82, 2.24) is 9.97 Å². The Labute approximate surface area is 118 Å². The lowest BCUT2D eigenvalue weighted by Crippen LogP contribution is -1.99. The van der Waals surface area contributed by atoms with Crippen molar-refractivity contribution in [3.8, 4) is 0 Å². The summed E-state index contributed by atoms with van der Waals surface area (Å²) in [6, 6.07) is 5.38. The number of carbonyl (C=O) groups excluding carboxylic acids is 1. The van der Waals surface area contributed by atoms with E-state index in [1.54, 1.807) is 18.3 Å². The molecule has 0 aliphatic carbocycles. The van der Waals surface area contributed by atoms with Crippen LogP contribution in [0.3, 0.4) is 0 Å². The number of benzene rings is 1. The van der Waals surface area contributed by atoms with Crippen molar-refractivity contribution in [2.75, 3.05) is 5.32 Å². The van der Waals surface area contributed by atoms with Crippen molar-refractivity contribution in [2.45, 2.75) is 6.92 Å². The Kier molecular flexibility index (Phi) is 3.93. The average Bonchev–Trinajstić information content (AvgIpc) is 2.36. The Morgan fingerprint density at radius 2 is 2.22 bits per heavy atom. The van der Waals surface area contributed by atoms with Crippen LogP contribution in [0.5, 0.6) is 0 Å². The molecule has 0 amide bonds. The Morgan fingerprint density at radius 1 is 1.44 bits per heavy atom. The molecule has 2 rings (SSSR count). The van der Waals surface area contributed by atoms with Crippen LogP contribution in [0.4, 0.5) is 11.5 Å². The maximum absolute atomic E-state index is 10.8. The zero-order valence-electron chi connectivity index (χ0n) is 9.45. The highest BCUT2D eigenvalue weighted by atomic mass is 79.9. The number of rotatable bonds is 3. The van der Waals surface area contributed by atoms with Gasteiger partial charge in [-0.2, -0.15) is 4.98 Å². The van der Waals surface area contributed by atoms with Gasteiger partial charge in [-0.25, -0.2) is 4.98 Å². The lowest BCUT2D eigenvalue weighted by molar-refractivity contribution is 0.112. The third-order valence-corrected chi connectivity index (χ3v) is 3.13. The molecule has 0 radical (unpaired) electrons. The SMILES string of the molecule is Cc1ccc(C=O)cc1Nc1nc(Cl)ncc1Br. The summed E-state index contributed by atoms with van der Waals surface area (Å²) < 4.78 is 0.697. The summed E-state index contributed by atoms with van der Waals surface area (Å²) in [6.07, 6.45) is 2.36. The fourth-order valence-corrected chi connectivity index (χ4v) is 1.83. The Morgan fingerprint density at radius 3 is 2.94 bits per heavy atom. The predicted molar refractivity (Wildman–Crippen MR) is 74.6 cm³/mol. The number of carbonyl (C=O) groups is 1. The second-order valence-electron chi connectivity index (χ2n) is 3.65. The molecule has 0 atom stereocenters. The lowest BCUT2D eigenvalue weighted by atomic mass is 10.1.